The van der Waals surface area contributed by atoms with Gasteiger partial charge >= 0.3 is 6.09 Å². The monoisotopic (exact) mass is 161 g/mol. The summed E-state index contributed by atoms with van der Waals surface area (Å²) in [6.07, 6.45) is -0.554. The highest BCUT2D eigenvalue weighted by atomic mass is 16.4. The van der Waals surface area contributed by atoms with Gasteiger partial charge in [-0.05, 0) is 12.3 Å². The lowest BCUT2D eigenvalue weighted by Crippen LogP contribution is -2.38. The fraction of sp³-hybridized carbons (Fsp3) is 0.857. The van der Waals surface area contributed by atoms with Crippen LogP contribution in [0.5, 0.6) is 0 Å². The number of aliphatic hydroxyl groups is 1. The van der Waals surface area contributed by atoms with E-state index in [4.69, 9.17) is 10.2 Å². The van der Waals surface area contributed by atoms with E-state index in [0.29, 0.717) is 6.42 Å². The molecule has 0 heterocycles. The quantitative estimate of drug-likeness (QED) is 0.567. The molecule has 0 rings (SSSR count). The summed E-state index contributed by atoms with van der Waals surface area (Å²) in [7, 11) is 0. The molecule has 0 fully saturated rings. The predicted molar refractivity (Wildman–Crippen MR) is 41.5 cm³/mol. The van der Waals surface area contributed by atoms with Gasteiger partial charge in [-0.1, -0.05) is 13.8 Å². The van der Waals surface area contributed by atoms with Crippen molar-refractivity contribution in [3.05, 3.63) is 0 Å². The minimum absolute atomic E-state index is 0.0170. The van der Waals surface area contributed by atoms with Crippen molar-refractivity contribution in [2.24, 2.45) is 5.92 Å². The van der Waals surface area contributed by atoms with Crippen molar-refractivity contribution < 1.29 is 15.0 Å². The molecule has 0 aliphatic rings. The Hall–Kier alpha value is -0.770. The van der Waals surface area contributed by atoms with Crippen LogP contribution in [0.1, 0.15) is 20.3 Å². The summed E-state index contributed by atoms with van der Waals surface area (Å²) in [5, 5.41) is 19.3. The summed E-state index contributed by atoms with van der Waals surface area (Å²) in [6.45, 7) is 3.84. The number of rotatable bonds is 4. The molecule has 1 unspecified atom stereocenters. The molecule has 11 heavy (non-hydrogen) atoms. The fourth-order valence-corrected chi connectivity index (χ4v) is 0.870. The van der Waals surface area contributed by atoms with Gasteiger partial charge in [0.1, 0.15) is 0 Å². The summed E-state index contributed by atoms with van der Waals surface area (Å²) in [5.74, 6) is 0.221. The van der Waals surface area contributed by atoms with Gasteiger partial charge in [-0.15, -0.1) is 0 Å². The number of hydrogen-bond donors (Lipinski definition) is 3. The Morgan fingerprint density at radius 3 is 2.36 bits per heavy atom. The van der Waals surface area contributed by atoms with Gasteiger partial charge in [-0.3, -0.25) is 0 Å². The van der Waals surface area contributed by atoms with Crippen LogP contribution in [0.25, 0.3) is 0 Å². The van der Waals surface area contributed by atoms with E-state index in [1.165, 1.54) is 0 Å². The first-order chi connectivity index (χ1) is 5.07. The smallest absolute Gasteiger partial charge is 0.404 e. The predicted octanol–water partition coefficient (Wildman–Crippen LogP) is 0.661. The van der Waals surface area contributed by atoms with Crippen molar-refractivity contribution in [3.8, 4) is 0 Å². The van der Waals surface area contributed by atoms with E-state index in [0.717, 1.165) is 0 Å². The van der Waals surface area contributed by atoms with Gasteiger partial charge in [0.2, 0.25) is 0 Å². The highest BCUT2D eigenvalue weighted by molar-refractivity contribution is 5.64. The molecule has 0 aromatic rings. The van der Waals surface area contributed by atoms with Crippen molar-refractivity contribution in [2.75, 3.05) is 6.61 Å². The van der Waals surface area contributed by atoms with E-state index in [9.17, 15) is 4.79 Å². The van der Waals surface area contributed by atoms with E-state index in [-0.39, 0.29) is 18.6 Å². The maximum Gasteiger partial charge on any atom is 0.404 e. The average Bonchev–Trinajstić information content (AvgIpc) is 1.86. The van der Waals surface area contributed by atoms with Crippen molar-refractivity contribution in [1.82, 2.24) is 5.32 Å². The minimum atomic E-state index is -1.03. The van der Waals surface area contributed by atoms with Gasteiger partial charge in [0, 0.05) is 12.6 Å². The molecule has 66 valence electrons. The molecule has 0 radical (unpaired) electrons. The third-order valence-corrected chi connectivity index (χ3v) is 1.55. The number of nitrogens with one attached hydrogen (secondary N) is 1. The third-order valence-electron chi connectivity index (χ3n) is 1.55. The van der Waals surface area contributed by atoms with E-state index < -0.39 is 6.09 Å². The Labute approximate surface area is 66.2 Å². The summed E-state index contributed by atoms with van der Waals surface area (Å²) in [4.78, 5) is 10.2. The lowest BCUT2D eigenvalue weighted by molar-refractivity contribution is 0.179. The van der Waals surface area contributed by atoms with Gasteiger partial charge in [0.15, 0.2) is 0 Å². The van der Waals surface area contributed by atoms with Crippen LogP contribution in [0, 0.1) is 5.92 Å². The lowest BCUT2D eigenvalue weighted by Gasteiger charge is -2.19. The molecule has 1 atom stereocenters. The first-order valence-electron chi connectivity index (χ1n) is 3.68. The molecule has 4 nitrogen and oxygen atoms in total. The number of amides is 1. The second kappa shape index (κ2) is 4.96. The molecule has 0 aromatic carbocycles. The van der Waals surface area contributed by atoms with Crippen molar-refractivity contribution in [3.63, 3.8) is 0 Å². The van der Waals surface area contributed by atoms with Crippen LogP contribution in [-0.2, 0) is 0 Å². The topological polar surface area (TPSA) is 69.6 Å². The Morgan fingerprint density at radius 1 is 1.55 bits per heavy atom. The zero-order valence-electron chi connectivity index (χ0n) is 6.87. The van der Waals surface area contributed by atoms with Crippen molar-refractivity contribution in [1.29, 1.82) is 0 Å². The summed E-state index contributed by atoms with van der Waals surface area (Å²) < 4.78 is 0. The van der Waals surface area contributed by atoms with E-state index in [1.807, 2.05) is 13.8 Å². The molecule has 0 saturated carbocycles. The Bertz CT molecular complexity index is 125. The summed E-state index contributed by atoms with van der Waals surface area (Å²) in [6, 6.07) is -0.141. The largest absolute Gasteiger partial charge is 0.465 e. The van der Waals surface area contributed by atoms with Gasteiger partial charge < -0.3 is 15.5 Å². The summed E-state index contributed by atoms with van der Waals surface area (Å²) in [5.41, 5.74) is 0. The molecule has 0 aliphatic carbocycles. The number of carboxylic acid groups (broad SMARTS) is 1. The van der Waals surface area contributed by atoms with Crippen LogP contribution in [0.2, 0.25) is 0 Å². The van der Waals surface area contributed by atoms with E-state index in [2.05, 4.69) is 5.32 Å². The second-order valence-electron chi connectivity index (χ2n) is 2.81. The first kappa shape index (κ1) is 10.2. The number of aliphatic hydroxyl groups excluding tert-OH is 1. The van der Waals surface area contributed by atoms with Gasteiger partial charge in [-0.25, -0.2) is 4.79 Å². The van der Waals surface area contributed by atoms with Crippen LogP contribution in [0.4, 0.5) is 4.79 Å². The van der Waals surface area contributed by atoms with Gasteiger partial charge in [-0.2, -0.15) is 0 Å². The standard InChI is InChI=1S/C7H15NO3/c1-5(2)6(3-4-9)8-7(10)11/h5-6,8-9H,3-4H2,1-2H3,(H,10,11). The molecule has 0 saturated heterocycles. The normalized spacial score (nSPS) is 13.1. The Kier molecular flexibility index (Phi) is 4.61. The maximum atomic E-state index is 10.2. The van der Waals surface area contributed by atoms with Crippen LogP contribution < -0.4 is 5.32 Å². The Balaban J connectivity index is 3.79. The molecule has 0 spiro atoms. The first-order valence-corrected chi connectivity index (χ1v) is 3.68. The van der Waals surface area contributed by atoms with Gasteiger partial charge in [0.25, 0.3) is 0 Å². The zero-order chi connectivity index (χ0) is 8.85. The SMILES string of the molecule is CC(C)C(CCO)NC(=O)O. The van der Waals surface area contributed by atoms with Crippen LogP contribution in [0.15, 0.2) is 0 Å². The highest BCUT2D eigenvalue weighted by Gasteiger charge is 2.13. The fourth-order valence-electron chi connectivity index (χ4n) is 0.870. The molecule has 4 heteroatoms. The minimum Gasteiger partial charge on any atom is -0.465 e. The molecule has 0 aromatic heterocycles. The lowest BCUT2D eigenvalue weighted by atomic mass is 10.0. The van der Waals surface area contributed by atoms with Crippen molar-refractivity contribution in [2.45, 2.75) is 26.3 Å². The second-order valence-corrected chi connectivity index (χ2v) is 2.81. The van der Waals surface area contributed by atoms with Crippen LogP contribution in [-0.4, -0.2) is 29.0 Å². The maximum absolute atomic E-state index is 10.2. The average molecular weight is 161 g/mol. The summed E-state index contributed by atoms with van der Waals surface area (Å²) >= 11 is 0. The molecular formula is C7H15NO3. The van der Waals surface area contributed by atoms with Gasteiger partial charge in [0.05, 0.1) is 0 Å². The van der Waals surface area contributed by atoms with Crippen molar-refractivity contribution >= 4 is 6.09 Å². The van der Waals surface area contributed by atoms with Crippen LogP contribution >= 0.6 is 0 Å². The number of hydrogen-bond acceptors (Lipinski definition) is 2. The highest BCUT2D eigenvalue weighted by Crippen LogP contribution is 2.04. The molecule has 0 bridgehead atoms. The molecule has 0 aliphatic heterocycles. The Morgan fingerprint density at radius 2 is 2.09 bits per heavy atom. The van der Waals surface area contributed by atoms with E-state index in [1.54, 1.807) is 0 Å². The van der Waals surface area contributed by atoms with E-state index >= 15 is 0 Å². The third kappa shape index (κ3) is 4.61. The zero-order valence-corrected chi connectivity index (χ0v) is 6.87. The molecule has 1 amide bonds. The molecular weight excluding hydrogens is 146 g/mol. The molecule has 3 N–H and O–H groups in total. The number of carbonyl (C=O) groups is 1. The van der Waals surface area contributed by atoms with Crippen LogP contribution in [0.3, 0.4) is 0 Å².